The Bertz CT molecular complexity index is 954. The maximum atomic E-state index is 2.26. The number of pyridine rings is 1. The minimum absolute atomic E-state index is 1.24. The summed E-state index contributed by atoms with van der Waals surface area (Å²) in [5, 5.41) is 5.11. The molecular weight excluding hydrogens is 254 g/mol. The number of hydrogen-bond acceptors (Lipinski definition) is 0. The van der Waals surface area contributed by atoms with Gasteiger partial charge in [0, 0.05) is 17.0 Å². The van der Waals surface area contributed by atoms with Gasteiger partial charge in [-0.15, -0.1) is 0 Å². The summed E-state index contributed by atoms with van der Waals surface area (Å²) in [6, 6.07) is 25.9. The summed E-state index contributed by atoms with van der Waals surface area (Å²) in [4.78, 5) is 0. The molecule has 21 heavy (non-hydrogen) atoms. The first kappa shape index (κ1) is 12.1. The van der Waals surface area contributed by atoms with Crippen LogP contribution in [0.1, 0.15) is 0 Å². The Kier molecular flexibility index (Phi) is 2.71. The van der Waals surface area contributed by atoms with E-state index in [0.29, 0.717) is 0 Å². The number of aryl methyl sites for hydroxylation is 1. The quantitative estimate of drug-likeness (QED) is 0.449. The van der Waals surface area contributed by atoms with Gasteiger partial charge in [-0.2, -0.15) is 0 Å². The van der Waals surface area contributed by atoms with E-state index in [2.05, 4.69) is 90.6 Å². The van der Waals surface area contributed by atoms with Crippen molar-refractivity contribution < 1.29 is 4.57 Å². The second kappa shape index (κ2) is 4.71. The molecule has 0 aliphatic heterocycles. The van der Waals surface area contributed by atoms with Crippen LogP contribution in [0, 0.1) is 0 Å². The molecule has 1 aromatic heterocycles. The van der Waals surface area contributed by atoms with Crippen molar-refractivity contribution >= 4 is 21.5 Å². The minimum atomic E-state index is 1.24. The highest BCUT2D eigenvalue weighted by molar-refractivity contribution is 5.88. The Morgan fingerprint density at radius 2 is 1.24 bits per heavy atom. The number of aromatic nitrogens is 1. The van der Waals surface area contributed by atoms with Crippen molar-refractivity contribution in [2.45, 2.75) is 0 Å². The van der Waals surface area contributed by atoms with Gasteiger partial charge in [0.2, 0.25) is 5.69 Å². The van der Waals surface area contributed by atoms with Crippen LogP contribution < -0.4 is 4.57 Å². The molecule has 0 radical (unpaired) electrons. The van der Waals surface area contributed by atoms with Crippen LogP contribution in [0.15, 0.2) is 79.0 Å². The number of nitrogens with zero attached hydrogens (tertiary/aromatic N) is 1. The van der Waals surface area contributed by atoms with Gasteiger partial charge in [-0.05, 0) is 34.4 Å². The van der Waals surface area contributed by atoms with Crippen LogP contribution in [0.2, 0.25) is 0 Å². The van der Waals surface area contributed by atoms with Crippen molar-refractivity contribution in [1.82, 2.24) is 0 Å². The largest absolute Gasteiger partial charge is 0.212 e. The third-order valence-electron chi connectivity index (χ3n) is 4.05. The number of benzene rings is 3. The molecular formula is C20H16N+. The topological polar surface area (TPSA) is 3.88 Å². The summed E-state index contributed by atoms with van der Waals surface area (Å²) in [6.07, 6.45) is 2.19. The van der Waals surface area contributed by atoms with Crippen molar-refractivity contribution in [3.63, 3.8) is 0 Å². The fraction of sp³-hybridized carbons (Fsp3) is 0.0500. The molecule has 0 unspecified atom stereocenters. The molecule has 3 aromatic carbocycles. The van der Waals surface area contributed by atoms with E-state index < -0.39 is 0 Å². The molecule has 0 spiro atoms. The Balaban J connectivity index is 1.96. The third-order valence-corrected chi connectivity index (χ3v) is 4.05. The summed E-state index contributed by atoms with van der Waals surface area (Å²) in [6.45, 7) is 0. The van der Waals surface area contributed by atoms with Gasteiger partial charge in [0.05, 0.1) is 0 Å². The lowest BCUT2D eigenvalue weighted by atomic mass is 10.0. The van der Waals surface area contributed by atoms with Gasteiger partial charge in [-0.1, -0.05) is 48.5 Å². The molecule has 0 bridgehead atoms. The van der Waals surface area contributed by atoms with Crippen LogP contribution >= 0.6 is 0 Å². The Morgan fingerprint density at radius 3 is 2.00 bits per heavy atom. The van der Waals surface area contributed by atoms with E-state index in [0.717, 1.165) is 0 Å². The van der Waals surface area contributed by atoms with Crippen LogP contribution in [0.5, 0.6) is 0 Å². The standard InChI is InChI=1S/C20H16N/c1-21-14-19-9-5-4-8-17(19)13-20(21)18-11-10-15-6-2-3-7-16(15)12-18/h2-14H,1H3/q+1. The molecule has 4 aromatic rings. The van der Waals surface area contributed by atoms with Crippen molar-refractivity contribution in [1.29, 1.82) is 0 Å². The van der Waals surface area contributed by atoms with Gasteiger partial charge in [-0.3, -0.25) is 0 Å². The molecule has 0 fully saturated rings. The number of rotatable bonds is 1. The molecule has 1 heterocycles. The molecule has 0 aliphatic rings. The lowest BCUT2D eigenvalue weighted by molar-refractivity contribution is -0.659. The average molecular weight is 270 g/mol. The molecule has 0 atom stereocenters. The van der Waals surface area contributed by atoms with E-state index >= 15 is 0 Å². The first-order chi connectivity index (χ1) is 10.3. The summed E-state index contributed by atoms with van der Waals surface area (Å²) >= 11 is 0. The molecule has 0 saturated heterocycles. The van der Waals surface area contributed by atoms with Crippen LogP contribution in [-0.4, -0.2) is 0 Å². The third kappa shape index (κ3) is 2.07. The molecule has 0 saturated carbocycles. The predicted molar refractivity (Wildman–Crippen MR) is 88.1 cm³/mol. The zero-order valence-electron chi connectivity index (χ0n) is 12.0. The molecule has 1 nitrogen and oxygen atoms in total. The normalized spacial score (nSPS) is 11.1. The van der Waals surface area contributed by atoms with Crippen LogP contribution in [0.25, 0.3) is 32.8 Å². The molecule has 100 valence electrons. The van der Waals surface area contributed by atoms with Crippen molar-refractivity contribution in [2.24, 2.45) is 7.05 Å². The lowest BCUT2D eigenvalue weighted by Crippen LogP contribution is -2.30. The summed E-state index contributed by atoms with van der Waals surface area (Å²) < 4.78 is 2.20. The fourth-order valence-electron chi connectivity index (χ4n) is 2.92. The van der Waals surface area contributed by atoms with Gasteiger partial charge in [0.15, 0.2) is 6.20 Å². The van der Waals surface area contributed by atoms with Crippen molar-refractivity contribution in [3.8, 4) is 11.3 Å². The number of hydrogen-bond donors (Lipinski definition) is 0. The van der Waals surface area contributed by atoms with E-state index in [1.807, 2.05) is 0 Å². The maximum absolute atomic E-state index is 2.26. The fourth-order valence-corrected chi connectivity index (χ4v) is 2.92. The maximum Gasteiger partial charge on any atom is 0.212 e. The highest BCUT2D eigenvalue weighted by Gasteiger charge is 2.11. The van der Waals surface area contributed by atoms with E-state index in [1.54, 1.807) is 0 Å². The van der Waals surface area contributed by atoms with Gasteiger partial charge in [0.25, 0.3) is 0 Å². The Labute approximate surface area is 124 Å². The second-order valence-electron chi connectivity index (χ2n) is 5.46. The van der Waals surface area contributed by atoms with Gasteiger partial charge in [-0.25, -0.2) is 4.57 Å². The predicted octanol–water partition coefficient (Wildman–Crippen LogP) is 4.48. The Morgan fingerprint density at radius 1 is 0.619 bits per heavy atom. The smallest absolute Gasteiger partial charge is 0.200 e. The highest BCUT2D eigenvalue weighted by Crippen LogP contribution is 2.24. The first-order valence-corrected chi connectivity index (χ1v) is 7.19. The summed E-state index contributed by atoms with van der Waals surface area (Å²) in [7, 11) is 2.11. The lowest BCUT2D eigenvalue weighted by Gasteiger charge is -2.04. The average Bonchev–Trinajstić information content (AvgIpc) is 2.54. The minimum Gasteiger partial charge on any atom is -0.200 e. The monoisotopic (exact) mass is 270 g/mol. The molecule has 0 amide bonds. The molecule has 0 aliphatic carbocycles. The zero-order valence-corrected chi connectivity index (χ0v) is 12.0. The molecule has 0 N–H and O–H groups in total. The molecule has 4 rings (SSSR count). The summed E-state index contributed by atoms with van der Waals surface area (Å²) in [5.74, 6) is 0. The second-order valence-corrected chi connectivity index (χ2v) is 5.46. The van der Waals surface area contributed by atoms with E-state index in [4.69, 9.17) is 0 Å². The van der Waals surface area contributed by atoms with E-state index in [1.165, 1.54) is 32.8 Å². The van der Waals surface area contributed by atoms with Crippen molar-refractivity contribution in [3.05, 3.63) is 79.0 Å². The van der Waals surface area contributed by atoms with Crippen LogP contribution in [0.3, 0.4) is 0 Å². The van der Waals surface area contributed by atoms with Crippen LogP contribution in [0.4, 0.5) is 0 Å². The first-order valence-electron chi connectivity index (χ1n) is 7.19. The van der Waals surface area contributed by atoms with Crippen molar-refractivity contribution in [2.75, 3.05) is 0 Å². The van der Waals surface area contributed by atoms with E-state index in [9.17, 15) is 0 Å². The summed E-state index contributed by atoms with van der Waals surface area (Å²) in [5.41, 5.74) is 2.49. The molecule has 1 heteroatoms. The SMILES string of the molecule is C[n+]1cc2ccccc2cc1-c1ccc2ccccc2c1. The number of fused-ring (bicyclic) bond motifs is 2. The van der Waals surface area contributed by atoms with E-state index in [-0.39, 0.29) is 0 Å². The van der Waals surface area contributed by atoms with Gasteiger partial charge < -0.3 is 0 Å². The van der Waals surface area contributed by atoms with Gasteiger partial charge >= 0.3 is 0 Å². The highest BCUT2D eigenvalue weighted by atomic mass is 14.9. The van der Waals surface area contributed by atoms with Crippen LogP contribution in [-0.2, 0) is 7.05 Å². The Hall–Kier alpha value is -2.67. The van der Waals surface area contributed by atoms with Gasteiger partial charge in [0.1, 0.15) is 7.05 Å². The zero-order chi connectivity index (χ0) is 14.2.